The molecular formula is C41H70O35. The van der Waals surface area contributed by atoms with E-state index in [1.807, 2.05) is 0 Å². The molecule has 76 heavy (non-hydrogen) atoms. The molecule has 0 spiro atoms. The summed E-state index contributed by atoms with van der Waals surface area (Å²) in [7, 11) is 0. The topological polar surface area (TPSA) is 565 Å². The molecule has 35 heteroatoms. The van der Waals surface area contributed by atoms with Crippen LogP contribution in [0.4, 0.5) is 0 Å². The largest absolute Gasteiger partial charge is 0.394 e. The van der Waals surface area contributed by atoms with E-state index in [9.17, 15) is 112 Å². The van der Waals surface area contributed by atoms with Gasteiger partial charge in [0.25, 0.3) is 0 Å². The number of hydrogen-bond donors (Lipinski definition) is 22. The fourth-order valence-electron chi connectivity index (χ4n) is 9.62. The van der Waals surface area contributed by atoms with Gasteiger partial charge in [0.15, 0.2) is 44.0 Å². The summed E-state index contributed by atoms with van der Waals surface area (Å²) in [6.45, 7) is -6.29. The van der Waals surface area contributed by atoms with Crippen molar-refractivity contribution in [3.8, 4) is 0 Å². The van der Waals surface area contributed by atoms with Gasteiger partial charge < -0.3 is 174 Å². The Morgan fingerprint density at radius 2 is 0.566 bits per heavy atom. The Morgan fingerprint density at radius 1 is 0.276 bits per heavy atom. The van der Waals surface area contributed by atoms with Crippen LogP contribution in [0.5, 0.6) is 0 Å². The first-order chi connectivity index (χ1) is 36.0. The second kappa shape index (κ2) is 26.7. The first-order valence-corrected chi connectivity index (χ1v) is 24.1. The minimum Gasteiger partial charge on any atom is -0.394 e. The van der Waals surface area contributed by atoms with Crippen molar-refractivity contribution in [1.82, 2.24) is 0 Å². The fraction of sp³-hybridized carbons (Fsp3) is 1.00. The monoisotopic (exact) mass is 1120 g/mol. The van der Waals surface area contributed by atoms with E-state index in [1.165, 1.54) is 0 Å². The summed E-state index contributed by atoms with van der Waals surface area (Å²) in [5.74, 6) is 0. The van der Waals surface area contributed by atoms with Gasteiger partial charge in [0, 0.05) is 0 Å². The zero-order valence-corrected chi connectivity index (χ0v) is 39.7. The number of ether oxygens (including phenoxy) is 13. The van der Waals surface area contributed by atoms with Gasteiger partial charge >= 0.3 is 0 Å². The van der Waals surface area contributed by atoms with Crippen LogP contribution in [0.1, 0.15) is 0 Å². The zero-order chi connectivity index (χ0) is 55.8. The lowest BCUT2D eigenvalue weighted by Crippen LogP contribution is -2.68. The number of hydrogen-bond acceptors (Lipinski definition) is 35. The van der Waals surface area contributed by atoms with Gasteiger partial charge in [-0.25, -0.2) is 0 Å². The van der Waals surface area contributed by atoms with Crippen LogP contribution in [-0.4, -0.2) is 367 Å². The summed E-state index contributed by atoms with van der Waals surface area (Å²) >= 11 is 0. The van der Waals surface area contributed by atoms with Crippen LogP contribution >= 0.6 is 0 Å². The Bertz CT molecular complexity index is 1760. The van der Waals surface area contributed by atoms with E-state index in [0.29, 0.717) is 0 Å². The van der Waals surface area contributed by atoms with Gasteiger partial charge in [-0.2, -0.15) is 0 Å². The second-order valence-electron chi connectivity index (χ2n) is 19.2. The highest BCUT2D eigenvalue weighted by Gasteiger charge is 2.58. The predicted octanol–water partition coefficient (Wildman–Crippen LogP) is -15.6. The summed E-state index contributed by atoms with van der Waals surface area (Å²) in [5.41, 5.74) is 0. The first-order valence-electron chi connectivity index (χ1n) is 24.1. The highest BCUT2D eigenvalue weighted by atomic mass is 16.8. The summed E-state index contributed by atoms with van der Waals surface area (Å²) in [6.07, 6.45) is -65.5. The third-order valence-electron chi connectivity index (χ3n) is 14.1. The van der Waals surface area contributed by atoms with E-state index >= 15 is 0 Å². The average molecular weight is 1120 g/mol. The van der Waals surface area contributed by atoms with Crippen LogP contribution in [0, 0.1) is 0 Å². The number of aliphatic hydroxyl groups is 22. The highest BCUT2D eigenvalue weighted by molar-refractivity contribution is 5.00. The Morgan fingerprint density at radius 3 is 0.934 bits per heavy atom. The normalized spacial score (nSPS) is 53.6. The summed E-state index contributed by atoms with van der Waals surface area (Å²) in [5, 5.41) is 233. The van der Waals surface area contributed by atoms with Crippen molar-refractivity contribution in [3.05, 3.63) is 0 Å². The molecule has 444 valence electrons. The molecule has 0 aromatic rings. The van der Waals surface area contributed by atoms with Crippen molar-refractivity contribution >= 4 is 0 Å². The van der Waals surface area contributed by atoms with Crippen molar-refractivity contribution in [2.45, 2.75) is 209 Å². The maximum Gasteiger partial charge on any atom is 0.187 e. The molecule has 0 amide bonds. The van der Waals surface area contributed by atoms with Gasteiger partial charge in [0.2, 0.25) is 0 Å². The molecule has 35 nitrogen and oxygen atoms in total. The average Bonchev–Trinajstić information content (AvgIpc) is 3.41. The Labute approximate surface area is 428 Å². The molecule has 0 bridgehead atoms. The first kappa shape index (κ1) is 62.2. The minimum absolute atomic E-state index is 0.556. The number of aliphatic hydroxyl groups excluding tert-OH is 22. The molecule has 7 heterocycles. The van der Waals surface area contributed by atoms with E-state index in [2.05, 4.69) is 0 Å². The Hall–Kier alpha value is -1.40. The van der Waals surface area contributed by atoms with Crippen LogP contribution in [0.25, 0.3) is 0 Å². The SMILES string of the molecule is OC[C@H]1O[C@@H](O[C@@H]2[C@H](O)[C@@H](O)[C@H](O[C@@H]3[C@H](O)[C@@H](O)[C@H](O[C@@H]4[C@H](O)[C@@H](O)[C@H](O[C@@H]5[C@H](O)[C@@H](O)[C@H](O[C@@H]6[C@H](O)[C@@H](O)[C@H](O)O[C@@H]6CO)O[C@@H]5CO)O[C@@H]4CO)O[C@@H]3CO[C@@H]3OC[C@H](O)[C@H](O)[C@H]3O)O[C@@H]2CO)[C@H](O)[C@@H](O)[C@H]1O. The van der Waals surface area contributed by atoms with Crippen molar-refractivity contribution in [2.24, 2.45) is 0 Å². The van der Waals surface area contributed by atoms with Gasteiger partial charge in [0.05, 0.1) is 46.2 Å². The van der Waals surface area contributed by atoms with E-state index in [-0.39, 0.29) is 0 Å². The maximum atomic E-state index is 11.6. The number of rotatable bonds is 18. The van der Waals surface area contributed by atoms with Gasteiger partial charge in [-0.1, -0.05) is 0 Å². The third-order valence-corrected chi connectivity index (χ3v) is 14.1. The standard InChI is InChI=1S/C41H70O35/c42-1-9-16(49)17(50)25(58)37(67-9)73-31-11(3-44)70-40(28(61)21(31)54)76-34-14(7-65-36-24(57)15(48)8(47)6-64-36)71-41(29(62)22(34)55)75-33-13(5-46)69-39(27(60)20(33)53)74-32-12(4-45)68-38(26(59)19(32)52)72-30-10(2-43)66-35(63)23(56)18(30)51/h8-63H,1-7H2/t8-,9+,10+,11+,12+,13+,14+,15-,16-,17-,18+,19+,20+,21+,22+,23+,24+,25+,26+,27+,28+,29+,30-,31-,32-,33-,34-,35+,36-,37-,38-,39-,40-,41-/m0/s1. The van der Waals surface area contributed by atoms with Crippen LogP contribution < -0.4 is 0 Å². The van der Waals surface area contributed by atoms with Gasteiger partial charge in [-0.15, -0.1) is 0 Å². The molecule has 7 aliphatic rings. The summed E-state index contributed by atoms with van der Waals surface area (Å²) in [4.78, 5) is 0. The third kappa shape index (κ3) is 12.8. The van der Waals surface area contributed by atoms with Crippen molar-refractivity contribution in [2.75, 3.05) is 46.2 Å². The molecule has 7 aliphatic heterocycles. The van der Waals surface area contributed by atoms with Gasteiger partial charge in [0.1, 0.15) is 165 Å². The predicted molar refractivity (Wildman–Crippen MR) is 226 cm³/mol. The van der Waals surface area contributed by atoms with Gasteiger partial charge in [-0.05, 0) is 0 Å². The van der Waals surface area contributed by atoms with Crippen LogP contribution in [0.3, 0.4) is 0 Å². The lowest BCUT2D eigenvalue weighted by molar-refractivity contribution is -0.397. The van der Waals surface area contributed by atoms with E-state index in [0.717, 1.165) is 0 Å². The molecule has 0 aromatic heterocycles. The Kier molecular flexibility index (Phi) is 21.8. The molecule has 0 unspecified atom stereocenters. The summed E-state index contributed by atoms with van der Waals surface area (Å²) in [6, 6.07) is 0. The van der Waals surface area contributed by atoms with E-state index in [1.54, 1.807) is 0 Å². The smallest absolute Gasteiger partial charge is 0.187 e. The quantitative estimate of drug-likeness (QED) is 0.0606. The van der Waals surface area contributed by atoms with Crippen LogP contribution in [0.15, 0.2) is 0 Å². The van der Waals surface area contributed by atoms with Crippen molar-refractivity contribution in [1.29, 1.82) is 0 Å². The molecule has 7 rings (SSSR count). The van der Waals surface area contributed by atoms with Crippen molar-refractivity contribution in [3.63, 3.8) is 0 Å². The molecular weight excluding hydrogens is 1050 g/mol. The molecule has 22 N–H and O–H groups in total. The molecule has 7 saturated heterocycles. The summed E-state index contributed by atoms with van der Waals surface area (Å²) < 4.78 is 72.4. The minimum atomic E-state index is -2.28. The van der Waals surface area contributed by atoms with Gasteiger partial charge in [-0.3, -0.25) is 0 Å². The fourth-order valence-corrected chi connectivity index (χ4v) is 9.62. The maximum absolute atomic E-state index is 11.6. The lowest BCUT2D eigenvalue weighted by atomic mass is 9.95. The highest BCUT2D eigenvalue weighted by Crippen LogP contribution is 2.37. The van der Waals surface area contributed by atoms with E-state index in [4.69, 9.17) is 61.6 Å². The van der Waals surface area contributed by atoms with E-state index < -0.39 is 255 Å². The molecule has 0 aromatic carbocycles. The molecule has 7 fully saturated rings. The zero-order valence-electron chi connectivity index (χ0n) is 39.7. The van der Waals surface area contributed by atoms with Crippen LogP contribution in [-0.2, 0) is 61.6 Å². The molecule has 34 atom stereocenters. The second-order valence-corrected chi connectivity index (χ2v) is 19.2. The molecule has 0 saturated carbocycles. The lowest BCUT2D eigenvalue weighted by Gasteiger charge is -2.50. The molecule has 0 radical (unpaired) electrons. The molecule has 0 aliphatic carbocycles. The van der Waals surface area contributed by atoms with Crippen molar-refractivity contribution < 1.29 is 174 Å². The Balaban J connectivity index is 1.04. The van der Waals surface area contributed by atoms with Crippen LogP contribution in [0.2, 0.25) is 0 Å².